The maximum Gasteiger partial charge on any atom is 0.355 e. The molecule has 0 unspecified atom stereocenters. The molecule has 0 fully saturated rings. The minimum absolute atomic E-state index is 0.299. The number of hydrogen-bond donors (Lipinski definition) is 1. The summed E-state index contributed by atoms with van der Waals surface area (Å²) in [5.74, 6) is -0.299. The number of fused-ring (bicyclic) bond motifs is 1. The highest BCUT2D eigenvalue weighted by Crippen LogP contribution is 2.25. The van der Waals surface area contributed by atoms with Crippen LogP contribution in [-0.2, 0) is 4.74 Å². The van der Waals surface area contributed by atoms with Gasteiger partial charge in [0.25, 0.3) is 0 Å². The second-order valence-corrected chi connectivity index (χ2v) is 4.45. The van der Waals surface area contributed by atoms with E-state index in [1.54, 1.807) is 6.92 Å². The van der Waals surface area contributed by atoms with Gasteiger partial charge in [-0.1, -0.05) is 22.0 Å². The first-order valence-corrected chi connectivity index (χ1v) is 5.87. The molecule has 1 aromatic carbocycles. The maximum atomic E-state index is 11.7. The van der Waals surface area contributed by atoms with Gasteiger partial charge in [0.1, 0.15) is 5.69 Å². The Balaban J connectivity index is 2.55. The summed E-state index contributed by atoms with van der Waals surface area (Å²) >= 11 is 3.40. The van der Waals surface area contributed by atoms with Crippen LogP contribution >= 0.6 is 15.9 Å². The van der Waals surface area contributed by atoms with Crippen molar-refractivity contribution >= 4 is 32.8 Å². The topological polar surface area (TPSA) is 42.1 Å². The van der Waals surface area contributed by atoms with E-state index in [0.29, 0.717) is 12.3 Å². The van der Waals surface area contributed by atoms with E-state index in [-0.39, 0.29) is 5.97 Å². The minimum atomic E-state index is -0.299. The van der Waals surface area contributed by atoms with Gasteiger partial charge < -0.3 is 9.72 Å². The van der Waals surface area contributed by atoms with Crippen molar-refractivity contribution in [1.82, 2.24) is 4.98 Å². The average molecular weight is 282 g/mol. The molecule has 0 aliphatic carbocycles. The Morgan fingerprint density at radius 3 is 2.94 bits per heavy atom. The van der Waals surface area contributed by atoms with Crippen LogP contribution in [0.4, 0.5) is 0 Å². The van der Waals surface area contributed by atoms with E-state index in [1.165, 1.54) is 0 Å². The van der Waals surface area contributed by atoms with Gasteiger partial charge in [-0.05, 0) is 31.5 Å². The lowest BCUT2D eigenvalue weighted by Crippen LogP contribution is -2.06. The van der Waals surface area contributed by atoms with Crippen LogP contribution in [0.5, 0.6) is 0 Å². The van der Waals surface area contributed by atoms with Crippen LogP contribution in [0.3, 0.4) is 0 Å². The van der Waals surface area contributed by atoms with Gasteiger partial charge in [0.2, 0.25) is 0 Å². The number of rotatable bonds is 2. The summed E-state index contributed by atoms with van der Waals surface area (Å²) in [5, 5.41) is 1.05. The molecule has 0 spiro atoms. The van der Waals surface area contributed by atoms with Gasteiger partial charge in [-0.3, -0.25) is 0 Å². The molecule has 1 aromatic heterocycles. The van der Waals surface area contributed by atoms with Gasteiger partial charge in [0.15, 0.2) is 0 Å². The SMILES string of the molecule is CCOC(=O)c1[nH]c2cc(Br)ccc2c1C. The number of ether oxygens (including phenoxy) is 1. The molecule has 2 rings (SSSR count). The number of carbonyl (C=O) groups excluding carboxylic acids is 1. The Labute approximate surface area is 102 Å². The predicted molar refractivity (Wildman–Crippen MR) is 66.7 cm³/mol. The molecule has 4 heteroatoms. The maximum absolute atomic E-state index is 11.7. The molecule has 16 heavy (non-hydrogen) atoms. The number of hydrogen-bond acceptors (Lipinski definition) is 2. The number of H-pyrrole nitrogens is 1. The second-order valence-electron chi connectivity index (χ2n) is 3.54. The first kappa shape index (κ1) is 11.2. The Bertz CT molecular complexity index is 545. The van der Waals surface area contributed by atoms with E-state index in [9.17, 15) is 4.79 Å². The third-order valence-electron chi connectivity index (χ3n) is 2.50. The molecular formula is C12H12BrNO2. The predicted octanol–water partition coefficient (Wildman–Crippen LogP) is 3.42. The Hall–Kier alpha value is -1.29. The van der Waals surface area contributed by atoms with Crippen LogP contribution in [0.2, 0.25) is 0 Å². The Morgan fingerprint density at radius 2 is 2.25 bits per heavy atom. The van der Waals surface area contributed by atoms with Crippen LogP contribution in [0.15, 0.2) is 22.7 Å². The lowest BCUT2D eigenvalue weighted by atomic mass is 10.1. The number of carbonyl (C=O) groups is 1. The minimum Gasteiger partial charge on any atom is -0.461 e. The fourth-order valence-electron chi connectivity index (χ4n) is 1.72. The molecule has 0 bridgehead atoms. The zero-order valence-electron chi connectivity index (χ0n) is 9.13. The van der Waals surface area contributed by atoms with E-state index in [1.807, 2.05) is 25.1 Å². The van der Waals surface area contributed by atoms with Crippen molar-refractivity contribution in [2.75, 3.05) is 6.61 Å². The van der Waals surface area contributed by atoms with Crippen molar-refractivity contribution < 1.29 is 9.53 Å². The van der Waals surface area contributed by atoms with Gasteiger partial charge in [-0.2, -0.15) is 0 Å². The third-order valence-corrected chi connectivity index (χ3v) is 2.99. The molecule has 0 aliphatic heterocycles. The summed E-state index contributed by atoms with van der Waals surface area (Å²) in [5.41, 5.74) is 2.41. The zero-order chi connectivity index (χ0) is 11.7. The lowest BCUT2D eigenvalue weighted by Gasteiger charge is -1.99. The highest BCUT2D eigenvalue weighted by atomic mass is 79.9. The van der Waals surface area contributed by atoms with Gasteiger partial charge >= 0.3 is 5.97 Å². The molecule has 0 aliphatic rings. The highest BCUT2D eigenvalue weighted by molar-refractivity contribution is 9.10. The van der Waals surface area contributed by atoms with Gasteiger partial charge in [-0.25, -0.2) is 4.79 Å². The highest BCUT2D eigenvalue weighted by Gasteiger charge is 2.15. The summed E-state index contributed by atoms with van der Waals surface area (Å²) in [4.78, 5) is 14.7. The molecule has 1 heterocycles. The summed E-state index contributed by atoms with van der Waals surface area (Å²) in [7, 11) is 0. The number of halogens is 1. The van der Waals surface area contributed by atoms with Crippen molar-refractivity contribution in [2.24, 2.45) is 0 Å². The van der Waals surface area contributed by atoms with Crippen molar-refractivity contribution in [2.45, 2.75) is 13.8 Å². The van der Waals surface area contributed by atoms with Crippen molar-refractivity contribution in [1.29, 1.82) is 0 Å². The summed E-state index contributed by atoms with van der Waals surface area (Å²) in [6, 6.07) is 5.89. The average Bonchev–Trinajstić information content (AvgIpc) is 2.56. The largest absolute Gasteiger partial charge is 0.461 e. The number of nitrogens with one attached hydrogen (secondary N) is 1. The molecule has 0 saturated carbocycles. The normalized spacial score (nSPS) is 10.7. The van der Waals surface area contributed by atoms with Crippen molar-refractivity contribution in [3.8, 4) is 0 Å². The van der Waals surface area contributed by atoms with Crippen LogP contribution in [-0.4, -0.2) is 17.6 Å². The first-order valence-electron chi connectivity index (χ1n) is 5.08. The molecule has 0 amide bonds. The first-order chi connectivity index (χ1) is 7.63. The van der Waals surface area contributed by atoms with Crippen molar-refractivity contribution in [3.05, 3.63) is 33.9 Å². The zero-order valence-corrected chi connectivity index (χ0v) is 10.7. The number of esters is 1. The van der Waals surface area contributed by atoms with Gasteiger partial charge in [0.05, 0.1) is 6.61 Å². The quantitative estimate of drug-likeness (QED) is 0.857. The van der Waals surface area contributed by atoms with E-state index < -0.39 is 0 Å². The molecule has 2 aromatic rings. The molecular weight excluding hydrogens is 270 g/mol. The number of aromatic nitrogens is 1. The molecule has 0 saturated heterocycles. The van der Waals surface area contributed by atoms with Crippen LogP contribution in [0.25, 0.3) is 10.9 Å². The smallest absolute Gasteiger partial charge is 0.355 e. The van der Waals surface area contributed by atoms with E-state index in [0.717, 1.165) is 20.9 Å². The second kappa shape index (κ2) is 4.29. The van der Waals surface area contributed by atoms with Gasteiger partial charge in [-0.15, -0.1) is 0 Å². The number of benzene rings is 1. The fourth-order valence-corrected chi connectivity index (χ4v) is 2.08. The van der Waals surface area contributed by atoms with Crippen LogP contribution in [0.1, 0.15) is 23.0 Å². The molecule has 0 radical (unpaired) electrons. The van der Waals surface area contributed by atoms with Crippen LogP contribution < -0.4 is 0 Å². The van der Waals surface area contributed by atoms with Crippen LogP contribution in [0, 0.1) is 6.92 Å². The third kappa shape index (κ3) is 1.85. The number of aromatic amines is 1. The standard InChI is InChI=1S/C12H12BrNO2/c1-3-16-12(15)11-7(2)9-5-4-8(13)6-10(9)14-11/h4-6,14H,3H2,1-2H3. The van der Waals surface area contributed by atoms with Crippen molar-refractivity contribution in [3.63, 3.8) is 0 Å². The lowest BCUT2D eigenvalue weighted by molar-refractivity contribution is 0.0520. The summed E-state index contributed by atoms with van der Waals surface area (Å²) in [6.07, 6.45) is 0. The molecule has 3 nitrogen and oxygen atoms in total. The molecule has 1 N–H and O–H groups in total. The van der Waals surface area contributed by atoms with Gasteiger partial charge in [0, 0.05) is 15.4 Å². The Morgan fingerprint density at radius 1 is 1.50 bits per heavy atom. The summed E-state index contributed by atoms with van der Waals surface area (Å²) in [6.45, 7) is 4.10. The monoisotopic (exact) mass is 281 g/mol. The summed E-state index contributed by atoms with van der Waals surface area (Å²) < 4.78 is 5.97. The van der Waals surface area contributed by atoms with E-state index >= 15 is 0 Å². The Kier molecular flexibility index (Phi) is 3.01. The molecule has 84 valence electrons. The fraction of sp³-hybridized carbons (Fsp3) is 0.250. The van der Waals surface area contributed by atoms with E-state index in [4.69, 9.17) is 4.74 Å². The number of aryl methyl sites for hydroxylation is 1. The molecule has 0 atom stereocenters. The van der Waals surface area contributed by atoms with E-state index in [2.05, 4.69) is 20.9 Å².